The fraction of sp³-hybridized carbons (Fsp3) is 0.110. The minimum absolute atomic E-state index is 0.220. The maximum atomic E-state index is 14.5. The Hall–Kier alpha value is -15.5. The maximum absolute atomic E-state index is 14.5. The third-order valence-electron chi connectivity index (χ3n) is 26.9. The van der Waals surface area contributed by atoms with Crippen molar-refractivity contribution in [3.63, 3.8) is 0 Å². The van der Waals surface area contributed by atoms with Crippen molar-refractivity contribution in [1.29, 1.82) is 0 Å². The monoisotopic (exact) mass is 1650 g/mol. The topological polar surface area (TPSA) is 88.6 Å². The minimum atomic E-state index is -0.505. The lowest BCUT2D eigenvalue weighted by Crippen LogP contribution is -2.17. The average Bonchev–Trinajstić information content (AvgIpc) is 1.60. The lowest BCUT2D eigenvalue weighted by Gasteiger charge is -2.29. The Morgan fingerprint density at radius 1 is 0.228 bits per heavy atom. The number of aryl methyl sites for hydroxylation is 3. The van der Waals surface area contributed by atoms with E-state index in [1.165, 1.54) is 99.6 Å². The van der Waals surface area contributed by atoms with Gasteiger partial charge in [-0.15, -0.1) is 0 Å². The van der Waals surface area contributed by atoms with Crippen molar-refractivity contribution in [2.45, 2.75) is 84.5 Å². The molecule has 0 bridgehead atoms. The fourth-order valence-electron chi connectivity index (χ4n) is 20.2. The molecule has 0 unspecified atom stereocenters. The summed E-state index contributed by atoms with van der Waals surface area (Å²) in [6.45, 7) is 20.2. The summed E-state index contributed by atoms with van der Waals surface area (Å²) in [5.74, 6) is -0.834. The number of carbonyl (C=O) groups is 3. The summed E-state index contributed by atoms with van der Waals surface area (Å²) in [4.78, 5) is 50.2. The normalized spacial score (nSPS) is 13.3. The lowest BCUT2D eigenvalue weighted by molar-refractivity contribution is 0.0725. The Labute approximate surface area is 740 Å². The van der Waals surface area contributed by atoms with Gasteiger partial charge < -0.3 is 28.9 Å². The molecule has 0 heterocycles. The van der Waals surface area contributed by atoms with E-state index in [0.717, 1.165) is 84.0 Å². The minimum Gasteiger partial charge on any atom is -0.423 e. The first-order chi connectivity index (χ1) is 61.7. The molecule has 0 radical (unpaired) electrons. The van der Waals surface area contributed by atoms with E-state index in [4.69, 9.17) is 14.2 Å². The molecule has 614 valence electrons. The van der Waals surface area contributed by atoms with Crippen LogP contribution in [0.2, 0.25) is 0 Å². The van der Waals surface area contributed by atoms with Crippen LogP contribution in [0, 0.1) is 20.8 Å². The molecule has 18 aromatic rings. The van der Waals surface area contributed by atoms with E-state index >= 15 is 0 Å². The van der Waals surface area contributed by atoms with Crippen LogP contribution in [0.1, 0.15) is 145 Å². The van der Waals surface area contributed by atoms with Crippen molar-refractivity contribution >= 4 is 101 Å². The van der Waals surface area contributed by atoms with E-state index in [-0.39, 0.29) is 16.2 Å². The molecule has 0 N–H and O–H groups in total. The van der Waals surface area contributed by atoms with Gasteiger partial charge in [-0.3, -0.25) is 0 Å². The van der Waals surface area contributed by atoms with Gasteiger partial charge in [-0.25, -0.2) is 14.4 Å². The summed E-state index contributed by atoms with van der Waals surface area (Å²) in [6.07, 6.45) is 0. The predicted molar refractivity (Wildman–Crippen MR) is 518 cm³/mol. The molecule has 0 aliphatic heterocycles. The number of nitrogens with zero attached hydrogens (tertiary/aromatic N) is 3. The van der Waals surface area contributed by atoms with Gasteiger partial charge in [0.2, 0.25) is 0 Å². The summed E-state index contributed by atoms with van der Waals surface area (Å²) in [7, 11) is 0. The molecule has 3 aliphatic rings. The van der Waals surface area contributed by atoms with Gasteiger partial charge in [0.1, 0.15) is 17.2 Å². The first-order valence-electron chi connectivity index (χ1n) is 43.6. The number of benzene rings is 18. The van der Waals surface area contributed by atoms with Crippen molar-refractivity contribution in [2.75, 3.05) is 14.7 Å². The quantitative estimate of drug-likeness (QED) is 0.0473. The number of hydrogen-bond acceptors (Lipinski definition) is 9. The molecule has 18 aromatic carbocycles. The summed E-state index contributed by atoms with van der Waals surface area (Å²) >= 11 is 0. The summed E-state index contributed by atoms with van der Waals surface area (Å²) in [5.41, 5.74) is 30.6. The van der Waals surface area contributed by atoms with Crippen LogP contribution in [-0.4, -0.2) is 17.9 Å². The van der Waals surface area contributed by atoms with Gasteiger partial charge in [-0.2, -0.15) is 0 Å². The van der Waals surface area contributed by atoms with Crippen LogP contribution in [0.5, 0.6) is 17.2 Å². The van der Waals surface area contributed by atoms with Gasteiger partial charge >= 0.3 is 17.9 Å². The van der Waals surface area contributed by atoms with Crippen LogP contribution in [0.4, 0.5) is 51.2 Å². The van der Waals surface area contributed by atoms with Crippen molar-refractivity contribution < 1.29 is 28.6 Å². The zero-order valence-corrected chi connectivity index (χ0v) is 72.2. The van der Waals surface area contributed by atoms with Crippen LogP contribution in [0.15, 0.2) is 382 Å². The molecular weight excluding hydrogens is 1560 g/mol. The Morgan fingerprint density at radius 3 is 0.724 bits per heavy atom. The number of carbonyl (C=O) groups excluding carboxylic acids is 3. The van der Waals surface area contributed by atoms with Crippen LogP contribution in [-0.2, 0) is 16.2 Å². The lowest BCUT2D eigenvalue weighted by atomic mass is 9.82. The zero-order chi connectivity index (χ0) is 86.7. The summed E-state index contributed by atoms with van der Waals surface area (Å²) in [5, 5.41) is 6.85. The molecule has 9 nitrogen and oxygen atoms in total. The van der Waals surface area contributed by atoms with Crippen molar-refractivity contribution in [3.05, 3.63) is 466 Å². The van der Waals surface area contributed by atoms with Crippen LogP contribution in [0.25, 0.3) is 65.7 Å². The van der Waals surface area contributed by atoms with Crippen molar-refractivity contribution in [2.24, 2.45) is 0 Å². The Morgan fingerprint density at radius 2 is 0.457 bits per heavy atom. The zero-order valence-electron chi connectivity index (χ0n) is 72.2. The molecule has 0 fully saturated rings. The molecule has 0 saturated carbocycles. The third-order valence-corrected chi connectivity index (χ3v) is 26.9. The van der Waals surface area contributed by atoms with Gasteiger partial charge in [0.05, 0.1) is 33.8 Å². The van der Waals surface area contributed by atoms with E-state index < -0.39 is 23.8 Å². The van der Waals surface area contributed by atoms with E-state index in [1.807, 2.05) is 146 Å². The molecule has 0 spiro atoms. The second-order valence-electron chi connectivity index (χ2n) is 35.5. The van der Waals surface area contributed by atoms with E-state index in [2.05, 4.69) is 314 Å². The number of esters is 3. The van der Waals surface area contributed by atoms with E-state index in [0.29, 0.717) is 33.9 Å². The summed E-state index contributed by atoms with van der Waals surface area (Å²) < 4.78 is 18.7. The molecule has 127 heavy (non-hydrogen) atoms. The SMILES string of the molecule is Cc1ccc(N(c2ccc(C(=O)Oc3ccc(C(c4ccc(OC(=O)c5ccc(N(c6ccc7c(c6)C(C)(C)c6ccccc6-7)c6ccc(C)c7ccccc67)cc5)cc4)c4ccc(OC(=O)c5ccc(N(c6ccc7c(c6)C(C)(C)c6ccccc6-7)c6ccc(C)c7ccccc67)cc5)cc4)cc3)cc2)c2ccc3c(c2)C(C)(C)c2ccccc2-3)c2ccccc12. The molecule has 0 amide bonds. The average molecular weight is 1650 g/mol. The standard InChI is InChI=1S/C118H91N3O6/c1-73-34-67-109(100-28-13-10-22-91(73)100)119(85-55-64-97-94-25-16-19-31-103(94)116(4,5)106(97)70-85)82-49-37-79(38-50-82)113(122)125-88-58-43-76(44-59-88)112(77-45-60-89(61-46-77)126-114(123)80-39-51-83(52-40-80)120(110-68-35-74(2)92-23-11-14-29-101(92)110)86-56-65-98-95-26-17-20-32-104(95)117(6,7)107(98)71-86)78-47-62-90(63-48-78)127-115(124)81-41-53-84(54-42-81)121(111-69-36-75(3)93-24-12-15-30-102(93)111)87-57-66-99-96-27-18-21-33-105(96)118(8,9)108(99)72-87/h10-72,112H,1-9H3. The second-order valence-corrected chi connectivity index (χ2v) is 35.5. The third kappa shape index (κ3) is 13.7. The van der Waals surface area contributed by atoms with Crippen molar-refractivity contribution in [1.82, 2.24) is 0 Å². The smallest absolute Gasteiger partial charge is 0.343 e. The van der Waals surface area contributed by atoms with E-state index in [9.17, 15) is 14.4 Å². The number of anilines is 9. The molecule has 9 heteroatoms. The number of ether oxygens (including phenoxy) is 3. The Kier molecular flexibility index (Phi) is 19.3. The number of rotatable bonds is 18. The van der Waals surface area contributed by atoms with Crippen LogP contribution in [0.3, 0.4) is 0 Å². The van der Waals surface area contributed by atoms with Gasteiger partial charge in [0, 0.05) is 72.4 Å². The Balaban J connectivity index is 0.569. The highest BCUT2D eigenvalue weighted by molar-refractivity contribution is 6.05. The first-order valence-corrected chi connectivity index (χ1v) is 43.6. The highest BCUT2D eigenvalue weighted by Crippen LogP contribution is 2.56. The van der Waals surface area contributed by atoms with Gasteiger partial charge in [0.15, 0.2) is 0 Å². The molecule has 0 atom stereocenters. The number of fused-ring (bicyclic) bond motifs is 12. The molecule has 0 saturated heterocycles. The van der Waals surface area contributed by atoms with Gasteiger partial charge in [0.25, 0.3) is 0 Å². The summed E-state index contributed by atoms with van der Waals surface area (Å²) in [6, 6.07) is 131. The fourth-order valence-corrected chi connectivity index (χ4v) is 20.2. The highest BCUT2D eigenvalue weighted by Gasteiger charge is 2.40. The molecule has 3 aliphatic carbocycles. The number of hydrogen-bond donors (Lipinski definition) is 0. The predicted octanol–water partition coefficient (Wildman–Crippen LogP) is 30.2. The molecular formula is C118H91N3O6. The van der Waals surface area contributed by atoms with Gasteiger partial charge in [-0.1, -0.05) is 260 Å². The van der Waals surface area contributed by atoms with Crippen LogP contribution >= 0.6 is 0 Å². The maximum Gasteiger partial charge on any atom is 0.343 e. The van der Waals surface area contributed by atoms with Crippen LogP contribution < -0.4 is 28.9 Å². The highest BCUT2D eigenvalue weighted by atomic mass is 16.5. The van der Waals surface area contributed by atoms with Crippen molar-refractivity contribution in [3.8, 4) is 50.6 Å². The second kappa shape index (κ2) is 31.1. The van der Waals surface area contributed by atoms with E-state index in [1.54, 1.807) is 0 Å². The molecule has 0 aromatic heterocycles. The molecule has 21 rings (SSSR count). The Bertz CT molecular complexity index is 6770. The largest absolute Gasteiger partial charge is 0.423 e. The van der Waals surface area contributed by atoms with Gasteiger partial charge in [-0.05, 0) is 301 Å². The first kappa shape index (κ1) is 78.8.